The standard InChI is InChI=1S/C31H32ClF2N7O3/c32-23-4-1-3-21(24(23)18-5-6-18)26-25(34)27-22(14-36-26)28(39-11-12-41(30(42)43)20(16-39)7-9-35)38-29(37-27)44-17-31-8-2-10-40(31)15-19(33)13-31/h1,3-4,14,18-20H,2,5-8,10-13,15-17H2,(H,42,43)/t19-,20+,31+/m1/s1. The Morgan fingerprint density at radius 2 is 2.07 bits per heavy atom. The van der Waals surface area contributed by atoms with Crippen molar-refractivity contribution in [3.8, 4) is 23.3 Å². The number of piperazine rings is 1. The summed E-state index contributed by atoms with van der Waals surface area (Å²) in [6.07, 6.45) is 3.54. The van der Waals surface area contributed by atoms with Gasteiger partial charge in [-0.25, -0.2) is 13.6 Å². The summed E-state index contributed by atoms with van der Waals surface area (Å²) < 4.78 is 37.2. The van der Waals surface area contributed by atoms with Crippen molar-refractivity contribution < 1.29 is 23.4 Å². The number of pyridine rings is 1. The molecule has 3 atom stereocenters. The van der Waals surface area contributed by atoms with E-state index >= 15 is 4.39 Å². The molecule has 5 heterocycles. The lowest BCUT2D eigenvalue weighted by atomic mass is 9.95. The fraction of sp³-hybridized carbons (Fsp3) is 0.516. The first kappa shape index (κ1) is 28.9. The van der Waals surface area contributed by atoms with Crippen LogP contribution in [0.3, 0.4) is 0 Å². The number of hydrogen-bond acceptors (Lipinski definition) is 8. The molecule has 1 N–H and O–H groups in total. The Bertz CT molecular complexity index is 1670. The lowest BCUT2D eigenvalue weighted by Gasteiger charge is -2.40. The number of fused-ring (bicyclic) bond motifs is 2. The van der Waals surface area contributed by atoms with Crippen LogP contribution in [-0.4, -0.2) is 93.0 Å². The number of nitriles is 1. The predicted octanol–water partition coefficient (Wildman–Crippen LogP) is 5.40. The molecule has 44 heavy (non-hydrogen) atoms. The van der Waals surface area contributed by atoms with Crippen LogP contribution in [0.15, 0.2) is 24.4 Å². The average Bonchev–Trinajstić information content (AvgIpc) is 3.69. The molecule has 0 radical (unpaired) electrons. The topological polar surface area (TPSA) is 119 Å². The smallest absolute Gasteiger partial charge is 0.407 e. The Labute approximate surface area is 258 Å². The van der Waals surface area contributed by atoms with Gasteiger partial charge in [-0.1, -0.05) is 23.7 Å². The van der Waals surface area contributed by atoms with Gasteiger partial charge in [-0.3, -0.25) is 9.88 Å². The van der Waals surface area contributed by atoms with Gasteiger partial charge in [0, 0.05) is 49.4 Å². The van der Waals surface area contributed by atoms with Crippen molar-refractivity contribution in [2.45, 2.75) is 62.2 Å². The van der Waals surface area contributed by atoms with Gasteiger partial charge in [0.2, 0.25) is 0 Å². The summed E-state index contributed by atoms with van der Waals surface area (Å²) in [6.45, 7) is 1.92. The molecule has 4 aliphatic rings. The van der Waals surface area contributed by atoms with E-state index in [0.29, 0.717) is 34.8 Å². The second-order valence-corrected chi connectivity index (χ2v) is 12.7. The largest absolute Gasteiger partial charge is 0.465 e. The van der Waals surface area contributed by atoms with E-state index < -0.39 is 29.7 Å². The summed E-state index contributed by atoms with van der Waals surface area (Å²) in [4.78, 5) is 30.8. The highest BCUT2D eigenvalue weighted by Gasteiger charge is 2.49. The van der Waals surface area contributed by atoms with Gasteiger partial charge in [-0.2, -0.15) is 15.2 Å². The zero-order valence-electron chi connectivity index (χ0n) is 24.1. The Hall–Kier alpha value is -3.82. The number of benzene rings is 1. The maximum absolute atomic E-state index is 16.6. The summed E-state index contributed by atoms with van der Waals surface area (Å²) >= 11 is 6.57. The van der Waals surface area contributed by atoms with Gasteiger partial charge in [0.15, 0.2) is 5.82 Å². The SMILES string of the molecule is N#CC[C@H]1CN(c2nc(OC[C@@]34CCCN3C[C@H](F)C4)nc3c(F)c(-c4cccc(Cl)c4C4CC4)ncc23)CCN1C(=O)O. The number of halogens is 3. The lowest BCUT2D eigenvalue weighted by Crippen LogP contribution is -2.55. The van der Waals surface area contributed by atoms with E-state index in [4.69, 9.17) is 21.3 Å². The number of alkyl halides is 1. The van der Waals surface area contributed by atoms with Gasteiger partial charge in [0.05, 0.1) is 29.5 Å². The number of hydrogen-bond donors (Lipinski definition) is 1. The third-order valence-corrected chi connectivity index (χ3v) is 9.85. The quantitative estimate of drug-likeness (QED) is 0.369. The highest BCUT2D eigenvalue weighted by molar-refractivity contribution is 6.32. The van der Waals surface area contributed by atoms with Crippen molar-refractivity contribution >= 4 is 34.4 Å². The van der Waals surface area contributed by atoms with E-state index in [1.165, 1.54) is 11.1 Å². The van der Waals surface area contributed by atoms with Crippen molar-refractivity contribution in [3.63, 3.8) is 0 Å². The Kier molecular flexibility index (Phi) is 7.41. The molecule has 1 saturated carbocycles. The first-order valence-electron chi connectivity index (χ1n) is 15.1. The minimum Gasteiger partial charge on any atom is -0.465 e. The minimum absolute atomic E-state index is 0.00655. The number of aromatic nitrogens is 3. The van der Waals surface area contributed by atoms with Gasteiger partial charge >= 0.3 is 12.1 Å². The predicted molar refractivity (Wildman–Crippen MR) is 159 cm³/mol. The number of nitrogens with zero attached hydrogens (tertiary/aromatic N) is 7. The Morgan fingerprint density at radius 3 is 2.84 bits per heavy atom. The zero-order valence-corrected chi connectivity index (χ0v) is 24.8. The van der Waals surface area contributed by atoms with Crippen LogP contribution in [0.4, 0.5) is 19.4 Å². The summed E-state index contributed by atoms with van der Waals surface area (Å²) in [6, 6.07) is 6.82. The number of rotatable bonds is 7. The van der Waals surface area contributed by atoms with E-state index in [1.54, 1.807) is 12.1 Å². The van der Waals surface area contributed by atoms with E-state index in [-0.39, 0.29) is 55.8 Å². The first-order chi connectivity index (χ1) is 21.3. The van der Waals surface area contributed by atoms with Gasteiger partial charge < -0.3 is 19.6 Å². The molecule has 7 rings (SSSR count). The highest BCUT2D eigenvalue weighted by atomic mass is 35.5. The van der Waals surface area contributed by atoms with Crippen LogP contribution < -0.4 is 9.64 Å². The fourth-order valence-electron chi connectivity index (χ4n) is 7.27. The molecule has 4 fully saturated rings. The lowest BCUT2D eigenvalue weighted by molar-refractivity contribution is 0.107. The molecular weight excluding hydrogens is 592 g/mol. The normalized spacial score (nSPS) is 25.3. The van der Waals surface area contributed by atoms with Crippen LogP contribution in [-0.2, 0) is 0 Å². The van der Waals surface area contributed by atoms with E-state index in [9.17, 15) is 19.6 Å². The highest BCUT2D eigenvalue weighted by Crippen LogP contribution is 2.48. The molecule has 230 valence electrons. The van der Waals surface area contributed by atoms with Crippen molar-refractivity contribution in [2.24, 2.45) is 0 Å². The third-order valence-electron chi connectivity index (χ3n) is 9.52. The molecule has 3 aliphatic heterocycles. The molecule has 0 spiro atoms. The van der Waals surface area contributed by atoms with Crippen molar-refractivity contribution in [1.82, 2.24) is 24.8 Å². The average molecular weight is 624 g/mol. The summed E-state index contributed by atoms with van der Waals surface area (Å²) in [7, 11) is 0. The van der Waals surface area contributed by atoms with Crippen molar-refractivity contribution in [3.05, 3.63) is 40.8 Å². The molecular formula is C31H32ClF2N7O3. The molecule has 0 unspecified atom stereocenters. The van der Waals surface area contributed by atoms with Crippen LogP contribution >= 0.6 is 11.6 Å². The molecule has 1 amide bonds. The van der Waals surface area contributed by atoms with E-state index in [2.05, 4.69) is 20.9 Å². The number of ether oxygens (including phenoxy) is 1. The Balaban J connectivity index is 1.31. The molecule has 3 saturated heterocycles. The monoisotopic (exact) mass is 623 g/mol. The van der Waals surface area contributed by atoms with Crippen molar-refractivity contribution in [2.75, 3.05) is 44.2 Å². The number of anilines is 1. The summed E-state index contributed by atoms with van der Waals surface area (Å²) in [5.74, 6) is -0.0410. The van der Waals surface area contributed by atoms with Gasteiger partial charge in [0.25, 0.3) is 0 Å². The molecule has 3 aromatic rings. The number of carbonyl (C=O) groups is 1. The maximum atomic E-state index is 16.6. The van der Waals surface area contributed by atoms with Crippen LogP contribution in [0.25, 0.3) is 22.2 Å². The molecule has 1 aliphatic carbocycles. The van der Waals surface area contributed by atoms with Gasteiger partial charge in [-0.15, -0.1) is 0 Å². The second-order valence-electron chi connectivity index (χ2n) is 12.3. The van der Waals surface area contributed by atoms with Crippen LogP contribution in [0.2, 0.25) is 5.02 Å². The molecule has 13 heteroatoms. The zero-order chi connectivity index (χ0) is 30.6. The summed E-state index contributed by atoms with van der Waals surface area (Å²) in [5, 5.41) is 20.0. The van der Waals surface area contributed by atoms with Gasteiger partial charge in [0.1, 0.15) is 29.8 Å². The minimum atomic E-state index is -1.10. The molecule has 10 nitrogen and oxygen atoms in total. The second kappa shape index (κ2) is 11.3. The molecule has 2 aromatic heterocycles. The fourth-order valence-corrected chi connectivity index (χ4v) is 7.60. The Morgan fingerprint density at radius 1 is 1.23 bits per heavy atom. The van der Waals surface area contributed by atoms with Crippen LogP contribution in [0.1, 0.15) is 50.0 Å². The van der Waals surface area contributed by atoms with Gasteiger partial charge in [-0.05, 0) is 49.8 Å². The maximum Gasteiger partial charge on any atom is 0.407 e. The third kappa shape index (κ3) is 5.06. The van der Waals surface area contributed by atoms with Crippen LogP contribution in [0, 0.1) is 17.1 Å². The summed E-state index contributed by atoms with van der Waals surface area (Å²) in [5.41, 5.74) is 1.19. The number of amides is 1. The number of carboxylic acid groups (broad SMARTS) is 1. The van der Waals surface area contributed by atoms with Crippen LogP contribution in [0.5, 0.6) is 6.01 Å². The van der Waals surface area contributed by atoms with E-state index in [1.807, 2.05) is 11.0 Å². The van der Waals surface area contributed by atoms with Crippen molar-refractivity contribution in [1.29, 1.82) is 5.26 Å². The molecule has 0 bridgehead atoms. The molecule has 1 aromatic carbocycles. The van der Waals surface area contributed by atoms with E-state index in [0.717, 1.165) is 37.8 Å². The first-order valence-corrected chi connectivity index (χ1v) is 15.4.